The van der Waals surface area contributed by atoms with Crippen LogP contribution in [0.1, 0.15) is 27.4 Å². The zero-order valence-electron chi connectivity index (χ0n) is 17.4. The van der Waals surface area contributed by atoms with E-state index in [-0.39, 0.29) is 5.91 Å². The Kier molecular flexibility index (Phi) is 5.98. The van der Waals surface area contributed by atoms with Gasteiger partial charge < -0.3 is 19.9 Å². The molecule has 0 spiro atoms. The highest BCUT2D eigenvalue weighted by molar-refractivity contribution is 6.04. The highest BCUT2D eigenvalue weighted by Gasteiger charge is 2.10. The molecule has 0 saturated heterocycles. The van der Waals surface area contributed by atoms with Crippen LogP contribution in [0.4, 0.5) is 17.1 Å². The van der Waals surface area contributed by atoms with E-state index in [2.05, 4.69) is 15.8 Å². The summed E-state index contributed by atoms with van der Waals surface area (Å²) in [7, 11) is 0. The molecule has 1 aromatic heterocycles. The van der Waals surface area contributed by atoms with Crippen LogP contribution < -0.4 is 15.4 Å². The number of para-hydroxylation sites is 1. The van der Waals surface area contributed by atoms with E-state index in [1.165, 1.54) is 0 Å². The van der Waals surface area contributed by atoms with E-state index < -0.39 is 0 Å². The molecule has 0 aliphatic heterocycles. The molecule has 0 unspecified atom stereocenters. The quantitative estimate of drug-likeness (QED) is 0.396. The minimum Gasteiger partial charge on any atom is -0.489 e. The predicted molar refractivity (Wildman–Crippen MR) is 121 cm³/mol. The zero-order chi connectivity index (χ0) is 21.6. The number of carbonyl (C=O) groups is 1. The van der Waals surface area contributed by atoms with Gasteiger partial charge in [-0.3, -0.25) is 4.79 Å². The Hall–Kier alpha value is -4.06. The number of rotatable bonds is 7. The number of ether oxygens (including phenoxy) is 1. The minimum absolute atomic E-state index is 0.180. The third kappa shape index (κ3) is 5.11. The van der Waals surface area contributed by atoms with Crippen molar-refractivity contribution in [2.75, 3.05) is 10.6 Å². The molecule has 156 valence electrons. The summed E-state index contributed by atoms with van der Waals surface area (Å²) in [6.07, 6.45) is 0. The van der Waals surface area contributed by atoms with Crippen molar-refractivity contribution in [3.8, 4) is 5.75 Å². The number of anilines is 3. The molecule has 0 aliphatic carbocycles. The Morgan fingerprint density at radius 1 is 0.871 bits per heavy atom. The molecule has 4 aromatic rings. The largest absolute Gasteiger partial charge is 0.489 e. The second kappa shape index (κ2) is 9.17. The van der Waals surface area contributed by atoms with Crippen molar-refractivity contribution < 1.29 is 14.1 Å². The van der Waals surface area contributed by atoms with Crippen LogP contribution in [0.3, 0.4) is 0 Å². The molecule has 6 nitrogen and oxygen atoms in total. The normalized spacial score (nSPS) is 10.5. The van der Waals surface area contributed by atoms with Crippen LogP contribution >= 0.6 is 0 Å². The predicted octanol–water partition coefficient (Wildman–Crippen LogP) is 5.87. The van der Waals surface area contributed by atoms with Gasteiger partial charge in [0.25, 0.3) is 5.91 Å². The first-order valence-corrected chi connectivity index (χ1v) is 9.96. The first-order chi connectivity index (χ1) is 15.1. The molecule has 0 bridgehead atoms. The Balaban J connectivity index is 1.33. The number of amides is 1. The van der Waals surface area contributed by atoms with Crippen molar-refractivity contribution >= 4 is 23.0 Å². The molecule has 2 N–H and O–H groups in total. The average Bonchev–Trinajstić information content (AvgIpc) is 3.12. The van der Waals surface area contributed by atoms with Crippen molar-refractivity contribution in [1.29, 1.82) is 0 Å². The second-order valence-electron chi connectivity index (χ2n) is 7.14. The highest BCUT2D eigenvalue weighted by Crippen LogP contribution is 2.21. The molecule has 0 fully saturated rings. The summed E-state index contributed by atoms with van der Waals surface area (Å²) in [5.41, 5.74) is 4.99. The maximum absolute atomic E-state index is 12.5. The smallest absolute Gasteiger partial charge is 0.255 e. The summed E-state index contributed by atoms with van der Waals surface area (Å²) in [5, 5.41) is 10.1. The van der Waals surface area contributed by atoms with Gasteiger partial charge in [0, 0.05) is 22.6 Å². The van der Waals surface area contributed by atoms with E-state index in [9.17, 15) is 4.79 Å². The molecule has 3 aromatic carbocycles. The van der Waals surface area contributed by atoms with Gasteiger partial charge in [0.2, 0.25) is 0 Å². The van der Waals surface area contributed by atoms with Crippen molar-refractivity contribution in [2.45, 2.75) is 20.5 Å². The highest BCUT2D eigenvalue weighted by atomic mass is 16.5. The molecular weight excluding hydrogens is 390 g/mol. The third-order valence-electron chi connectivity index (χ3n) is 4.89. The lowest BCUT2D eigenvalue weighted by Crippen LogP contribution is -2.11. The Bertz CT molecular complexity index is 1130. The number of aryl methyl sites for hydroxylation is 2. The second-order valence-corrected chi connectivity index (χ2v) is 7.14. The fourth-order valence-corrected chi connectivity index (χ4v) is 3.09. The Morgan fingerprint density at radius 3 is 2.16 bits per heavy atom. The fraction of sp³-hybridized carbons (Fsp3) is 0.120. The van der Waals surface area contributed by atoms with E-state index in [0.717, 1.165) is 34.1 Å². The molecule has 1 amide bonds. The molecular formula is C25H23N3O3. The fourth-order valence-electron chi connectivity index (χ4n) is 3.09. The number of carbonyl (C=O) groups excluding carboxylic acids is 1. The van der Waals surface area contributed by atoms with Crippen molar-refractivity contribution in [3.63, 3.8) is 0 Å². The van der Waals surface area contributed by atoms with Gasteiger partial charge in [-0.25, -0.2) is 0 Å². The maximum atomic E-state index is 12.5. The van der Waals surface area contributed by atoms with Crippen LogP contribution in [0, 0.1) is 13.8 Å². The monoisotopic (exact) mass is 413 g/mol. The SMILES string of the molecule is Cc1noc(C)c1COc1ccc(C(=O)Nc2ccc(Nc3ccccc3)cc2)cc1. The van der Waals surface area contributed by atoms with Gasteiger partial charge in [0.15, 0.2) is 0 Å². The lowest BCUT2D eigenvalue weighted by atomic mass is 10.2. The maximum Gasteiger partial charge on any atom is 0.255 e. The van der Waals surface area contributed by atoms with Gasteiger partial charge in [-0.05, 0) is 74.5 Å². The number of nitrogens with one attached hydrogen (secondary N) is 2. The van der Waals surface area contributed by atoms with E-state index in [4.69, 9.17) is 9.26 Å². The van der Waals surface area contributed by atoms with Gasteiger partial charge in [-0.15, -0.1) is 0 Å². The van der Waals surface area contributed by atoms with Crippen LogP contribution in [0.15, 0.2) is 83.4 Å². The lowest BCUT2D eigenvalue weighted by molar-refractivity contribution is 0.102. The van der Waals surface area contributed by atoms with E-state index in [1.807, 2.05) is 68.4 Å². The van der Waals surface area contributed by atoms with Crippen LogP contribution in [-0.2, 0) is 6.61 Å². The molecule has 0 radical (unpaired) electrons. The van der Waals surface area contributed by atoms with Crippen LogP contribution in [0.25, 0.3) is 0 Å². The van der Waals surface area contributed by atoms with Gasteiger partial charge in [0.05, 0.1) is 11.3 Å². The molecule has 0 saturated carbocycles. The number of nitrogens with zero attached hydrogens (tertiary/aromatic N) is 1. The average molecular weight is 413 g/mol. The van der Waals surface area contributed by atoms with Crippen molar-refractivity contribution in [3.05, 3.63) is 101 Å². The summed E-state index contributed by atoms with van der Waals surface area (Å²) in [6.45, 7) is 4.11. The number of benzene rings is 3. The number of hydrogen-bond acceptors (Lipinski definition) is 5. The summed E-state index contributed by atoms with van der Waals surface area (Å²) in [6, 6.07) is 24.5. The summed E-state index contributed by atoms with van der Waals surface area (Å²) >= 11 is 0. The van der Waals surface area contributed by atoms with Gasteiger partial charge in [0.1, 0.15) is 18.1 Å². The molecule has 1 heterocycles. The number of hydrogen-bond donors (Lipinski definition) is 2. The molecule has 6 heteroatoms. The van der Waals surface area contributed by atoms with Crippen molar-refractivity contribution in [1.82, 2.24) is 5.16 Å². The van der Waals surface area contributed by atoms with Gasteiger partial charge in [-0.1, -0.05) is 23.4 Å². The van der Waals surface area contributed by atoms with E-state index in [1.54, 1.807) is 24.3 Å². The summed E-state index contributed by atoms with van der Waals surface area (Å²) in [4.78, 5) is 12.5. The Morgan fingerprint density at radius 2 is 1.52 bits per heavy atom. The van der Waals surface area contributed by atoms with E-state index in [0.29, 0.717) is 17.9 Å². The topological polar surface area (TPSA) is 76.4 Å². The first kappa shape index (κ1) is 20.2. The summed E-state index contributed by atoms with van der Waals surface area (Å²) < 4.78 is 10.9. The van der Waals surface area contributed by atoms with Crippen LogP contribution in [-0.4, -0.2) is 11.1 Å². The number of aromatic nitrogens is 1. The molecule has 31 heavy (non-hydrogen) atoms. The van der Waals surface area contributed by atoms with Crippen LogP contribution in [0.2, 0.25) is 0 Å². The standard InChI is InChI=1S/C25H23N3O3/c1-17-24(18(2)31-28-17)16-30-23-14-8-19(9-15-23)25(29)27-22-12-10-21(11-13-22)26-20-6-4-3-5-7-20/h3-15,26H,16H2,1-2H3,(H,27,29). The van der Waals surface area contributed by atoms with Crippen LogP contribution in [0.5, 0.6) is 5.75 Å². The summed E-state index contributed by atoms with van der Waals surface area (Å²) in [5.74, 6) is 1.24. The lowest BCUT2D eigenvalue weighted by Gasteiger charge is -2.10. The van der Waals surface area contributed by atoms with E-state index >= 15 is 0 Å². The molecule has 0 aliphatic rings. The van der Waals surface area contributed by atoms with Crippen molar-refractivity contribution in [2.24, 2.45) is 0 Å². The first-order valence-electron chi connectivity index (χ1n) is 9.96. The zero-order valence-corrected chi connectivity index (χ0v) is 17.4. The minimum atomic E-state index is -0.180. The molecule has 0 atom stereocenters. The Labute approximate surface area is 180 Å². The third-order valence-corrected chi connectivity index (χ3v) is 4.89. The van der Waals surface area contributed by atoms with Gasteiger partial charge in [-0.2, -0.15) is 0 Å². The van der Waals surface area contributed by atoms with Gasteiger partial charge >= 0.3 is 0 Å². The molecule has 4 rings (SSSR count).